The summed E-state index contributed by atoms with van der Waals surface area (Å²) < 4.78 is 6.58. The Bertz CT molecular complexity index is 602. The highest BCUT2D eigenvalue weighted by molar-refractivity contribution is 9.10. The monoisotopic (exact) mass is 337 g/mol. The molecule has 1 N–H and O–H groups in total. The summed E-state index contributed by atoms with van der Waals surface area (Å²) in [6.45, 7) is 1.57. The van der Waals surface area contributed by atoms with E-state index in [1.54, 1.807) is 0 Å². The first kappa shape index (κ1) is 12.8. The van der Waals surface area contributed by atoms with Crippen molar-refractivity contribution < 1.29 is 4.74 Å². The van der Waals surface area contributed by atoms with E-state index in [-0.39, 0.29) is 0 Å². The number of rotatable bonds is 3. The van der Waals surface area contributed by atoms with E-state index in [4.69, 9.17) is 16.3 Å². The number of nitrogens with one attached hydrogen (secondary N) is 1. The molecule has 3 rings (SSSR count). The highest BCUT2D eigenvalue weighted by Crippen LogP contribution is 2.33. The van der Waals surface area contributed by atoms with E-state index in [9.17, 15) is 0 Å². The van der Waals surface area contributed by atoms with Crippen molar-refractivity contribution in [1.29, 1.82) is 0 Å². The maximum atomic E-state index is 6.08. The molecule has 1 heterocycles. The Morgan fingerprint density at radius 2 is 2.11 bits per heavy atom. The van der Waals surface area contributed by atoms with Gasteiger partial charge in [0.25, 0.3) is 0 Å². The Labute approximate surface area is 125 Å². The molecule has 0 radical (unpaired) electrons. The van der Waals surface area contributed by atoms with Crippen LogP contribution in [0.15, 0.2) is 46.9 Å². The minimum atomic E-state index is 0.388. The van der Waals surface area contributed by atoms with E-state index in [1.807, 2.05) is 30.3 Å². The molecule has 1 unspecified atom stereocenters. The van der Waals surface area contributed by atoms with Crippen molar-refractivity contribution in [3.8, 4) is 5.75 Å². The van der Waals surface area contributed by atoms with Gasteiger partial charge in [-0.2, -0.15) is 0 Å². The van der Waals surface area contributed by atoms with Gasteiger partial charge in [-0.1, -0.05) is 29.8 Å². The minimum Gasteiger partial charge on any atom is -0.493 e. The number of hydrogen-bond donors (Lipinski definition) is 1. The molecule has 1 aliphatic heterocycles. The third-order valence-corrected chi connectivity index (χ3v) is 4.50. The minimum absolute atomic E-state index is 0.388. The van der Waals surface area contributed by atoms with Crippen LogP contribution in [0.4, 0.5) is 5.69 Å². The molecule has 2 nitrogen and oxygen atoms in total. The molecular weight excluding hydrogens is 326 g/mol. The van der Waals surface area contributed by atoms with Crippen molar-refractivity contribution in [2.24, 2.45) is 0 Å². The highest BCUT2D eigenvalue weighted by atomic mass is 79.9. The molecule has 1 aliphatic rings. The van der Waals surface area contributed by atoms with Crippen LogP contribution < -0.4 is 10.1 Å². The SMILES string of the molecule is Clc1cc(NCC2COc3ccccc32)ccc1Br. The first-order valence-electron chi connectivity index (χ1n) is 6.14. The molecule has 0 spiro atoms. The fourth-order valence-electron chi connectivity index (χ4n) is 2.25. The summed E-state index contributed by atoms with van der Waals surface area (Å²) >= 11 is 9.47. The zero-order chi connectivity index (χ0) is 13.2. The number of fused-ring (bicyclic) bond motifs is 1. The molecule has 2 aromatic carbocycles. The molecule has 0 saturated carbocycles. The lowest BCUT2D eigenvalue weighted by molar-refractivity contribution is 0.334. The Morgan fingerprint density at radius 3 is 2.95 bits per heavy atom. The van der Waals surface area contributed by atoms with Crippen LogP contribution in [0.3, 0.4) is 0 Å². The summed E-state index contributed by atoms with van der Waals surface area (Å²) in [7, 11) is 0. The largest absolute Gasteiger partial charge is 0.493 e. The molecular formula is C15H13BrClNO. The molecule has 0 amide bonds. The summed E-state index contributed by atoms with van der Waals surface area (Å²) in [5.41, 5.74) is 2.30. The van der Waals surface area contributed by atoms with Crippen LogP contribution in [0.5, 0.6) is 5.75 Å². The normalized spacial score (nSPS) is 16.8. The number of anilines is 1. The molecule has 1 atom stereocenters. The zero-order valence-corrected chi connectivity index (χ0v) is 12.5. The van der Waals surface area contributed by atoms with Crippen LogP contribution in [0.25, 0.3) is 0 Å². The summed E-state index contributed by atoms with van der Waals surface area (Å²) in [5, 5.41) is 4.13. The lowest BCUT2D eigenvalue weighted by atomic mass is 10.0. The van der Waals surface area contributed by atoms with Gasteiger partial charge >= 0.3 is 0 Å². The highest BCUT2D eigenvalue weighted by Gasteiger charge is 2.23. The van der Waals surface area contributed by atoms with Crippen LogP contribution >= 0.6 is 27.5 Å². The lowest BCUT2D eigenvalue weighted by Gasteiger charge is -2.12. The molecule has 0 aromatic heterocycles. The summed E-state index contributed by atoms with van der Waals surface area (Å²) in [6, 6.07) is 14.1. The third-order valence-electron chi connectivity index (χ3n) is 3.27. The van der Waals surface area contributed by atoms with Crippen molar-refractivity contribution in [1.82, 2.24) is 0 Å². The quantitative estimate of drug-likeness (QED) is 0.876. The topological polar surface area (TPSA) is 21.3 Å². The van der Waals surface area contributed by atoms with E-state index in [0.717, 1.165) is 29.1 Å². The molecule has 0 saturated heterocycles. The predicted octanol–water partition coefficient (Wildman–Crippen LogP) is 4.69. The van der Waals surface area contributed by atoms with E-state index in [1.165, 1.54) is 5.56 Å². The van der Waals surface area contributed by atoms with E-state index in [2.05, 4.69) is 33.4 Å². The van der Waals surface area contributed by atoms with Crippen LogP contribution in [0.1, 0.15) is 11.5 Å². The maximum absolute atomic E-state index is 6.08. The van der Waals surface area contributed by atoms with Crippen LogP contribution in [-0.2, 0) is 0 Å². The Hall–Kier alpha value is -1.19. The van der Waals surface area contributed by atoms with Crippen LogP contribution in [-0.4, -0.2) is 13.2 Å². The molecule has 19 heavy (non-hydrogen) atoms. The van der Waals surface area contributed by atoms with Gasteiger partial charge in [0.1, 0.15) is 5.75 Å². The van der Waals surface area contributed by atoms with Crippen molar-refractivity contribution in [3.63, 3.8) is 0 Å². The first-order chi connectivity index (χ1) is 9.24. The summed E-state index contributed by atoms with van der Waals surface area (Å²) in [4.78, 5) is 0. The second kappa shape index (κ2) is 5.43. The summed E-state index contributed by atoms with van der Waals surface area (Å²) in [5.74, 6) is 1.39. The van der Waals surface area contributed by atoms with Gasteiger partial charge in [-0.15, -0.1) is 0 Å². The standard InChI is InChI=1S/C15H13BrClNO/c16-13-6-5-11(7-14(13)17)18-8-10-9-19-15-4-2-1-3-12(10)15/h1-7,10,18H,8-9H2. The van der Waals surface area contributed by atoms with Crippen molar-refractivity contribution in [2.75, 3.05) is 18.5 Å². The number of benzene rings is 2. The van der Waals surface area contributed by atoms with E-state index >= 15 is 0 Å². The third kappa shape index (κ3) is 2.72. The predicted molar refractivity (Wildman–Crippen MR) is 82.3 cm³/mol. The number of ether oxygens (including phenoxy) is 1. The fourth-order valence-corrected chi connectivity index (χ4v) is 2.67. The van der Waals surface area contributed by atoms with Crippen molar-refractivity contribution in [3.05, 3.63) is 57.5 Å². The number of halogens is 2. The summed E-state index contributed by atoms with van der Waals surface area (Å²) in [6.07, 6.45) is 0. The molecule has 4 heteroatoms. The van der Waals surface area contributed by atoms with Gasteiger partial charge in [0.05, 0.1) is 11.6 Å². The van der Waals surface area contributed by atoms with Gasteiger partial charge in [0.15, 0.2) is 0 Å². The van der Waals surface area contributed by atoms with Gasteiger partial charge in [0, 0.05) is 28.2 Å². The van der Waals surface area contributed by atoms with E-state index < -0.39 is 0 Å². The van der Waals surface area contributed by atoms with Crippen LogP contribution in [0.2, 0.25) is 5.02 Å². The Balaban J connectivity index is 1.69. The van der Waals surface area contributed by atoms with Gasteiger partial charge < -0.3 is 10.1 Å². The first-order valence-corrected chi connectivity index (χ1v) is 7.32. The molecule has 0 fully saturated rings. The molecule has 98 valence electrons. The van der Waals surface area contributed by atoms with Gasteiger partial charge in [-0.05, 0) is 40.2 Å². The molecule has 0 bridgehead atoms. The Kier molecular flexibility index (Phi) is 3.67. The lowest BCUT2D eigenvalue weighted by Crippen LogP contribution is -2.13. The maximum Gasteiger partial charge on any atom is 0.122 e. The van der Waals surface area contributed by atoms with Crippen LogP contribution in [0, 0.1) is 0 Å². The zero-order valence-electron chi connectivity index (χ0n) is 10.2. The fraction of sp³-hybridized carbons (Fsp3) is 0.200. The Morgan fingerprint density at radius 1 is 1.26 bits per heavy atom. The van der Waals surface area contributed by atoms with Crippen molar-refractivity contribution in [2.45, 2.75) is 5.92 Å². The number of hydrogen-bond acceptors (Lipinski definition) is 2. The van der Waals surface area contributed by atoms with E-state index in [0.29, 0.717) is 10.9 Å². The van der Waals surface area contributed by atoms with Gasteiger partial charge in [-0.25, -0.2) is 0 Å². The second-order valence-corrected chi connectivity index (χ2v) is 5.82. The molecule has 2 aromatic rings. The van der Waals surface area contributed by atoms with Gasteiger partial charge in [-0.3, -0.25) is 0 Å². The number of para-hydroxylation sites is 1. The smallest absolute Gasteiger partial charge is 0.122 e. The van der Waals surface area contributed by atoms with Gasteiger partial charge in [0.2, 0.25) is 0 Å². The average molecular weight is 339 g/mol. The van der Waals surface area contributed by atoms with Crippen molar-refractivity contribution >= 4 is 33.2 Å². The second-order valence-electron chi connectivity index (χ2n) is 4.56. The molecule has 0 aliphatic carbocycles. The average Bonchev–Trinajstić information content (AvgIpc) is 2.83.